The molecule has 20 heavy (non-hydrogen) atoms. The van der Waals surface area contributed by atoms with E-state index in [1.165, 1.54) is 16.2 Å². The number of hydrogen-bond acceptors (Lipinski definition) is 4. The molecule has 1 aromatic heterocycles. The predicted molar refractivity (Wildman–Crippen MR) is 76.4 cm³/mol. The van der Waals surface area contributed by atoms with E-state index >= 15 is 0 Å². The van der Waals surface area contributed by atoms with Crippen LogP contribution >= 0.6 is 11.3 Å². The fraction of sp³-hybridized carbons (Fsp3) is 0.429. The first-order valence-corrected chi connectivity index (χ1v) is 7.16. The Kier molecular flexibility index (Phi) is 4.77. The normalized spacial score (nSPS) is 13.3. The van der Waals surface area contributed by atoms with Gasteiger partial charge in [0.1, 0.15) is 6.61 Å². The van der Waals surface area contributed by atoms with Gasteiger partial charge in [0, 0.05) is 13.1 Å². The highest BCUT2D eigenvalue weighted by molar-refractivity contribution is 7.14. The molecule has 0 bridgehead atoms. The zero-order chi connectivity index (χ0) is 14.5. The van der Waals surface area contributed by atoms with Gasteiger partial charge in [-0.05, 0) is 25.0 Å². The summed E-state index contributed by atoms with van der Waals surface area (Å²) in [5.74, 6) is 4.96. The second kappa shape index (κ2) is 6.55. The van der Waals surface area contributed by atoms with E-state index in [0.717, 1.165) is 17.7 Å². The summed E-state index contributed by atoms with van der Waals surface area (Å²) in [6.45, 7) is -0.146. The van der Waals surface area contributed by atoms with Gasteiger partial charge in [0.15, 0.2) is 0 Å². The van der Waals surface area contributed by atoms with E-state index in [-0.39, 0.29) is 25.0 Å². The summed E-state index contributed by atoms with van der Waals surface area (Å²) in [6.07, 6.45) is 2.06. The number of nitrogens with zero attached hydrogens (tertiary/aromatic N) is 1. The van der Waals surface area contributed by atoms with E-state index in [1.807, 2.05) is 0 Å². The van der Waals surface area contributed by atoms with Crippen LogP contribution in [0.1, 0.15) is 27.4 Å². The molecular formula is C14H16N2O3S. The number of aliphatic hydroxyl groups excluding tert-OH is 1. The van der Waals surface area contributed by atoms with E-state index in [9.17, 15) is 9.59 Å². The van der Waals surface area contributed by atoms with Crippen molar-refractivity contribution in [1.82, 2.24) is 10.2 Å². The van der Waals surface area contributed by atoms with Gasteiger partial charge in [-0.15, -0.1) is 11.3 Å². The Morgan fingerprint density at radius 2 is 2.25 bits per heavy atom. The van der Waals surface area contributed by atoms with E-state index in [0.29, 0.717) is 10.9 Å². The van der Waals surface area contributed by atoms with Gasteiger partial charge in [0.05, 0.1) is 16.3 Å². The molecule has 1 saturated carbocycles. The van der Waals surface area contributed by atoms with E-state index in [4.69, 9.17) is 5.11 Å². The molecule has 106 valence electrons. The van der Waals surface area contributed by atoms with Crippen molar-refractivity contribution in [2.75, 3.05) is 20.2 Å². The summed E-state index contributed by atoms with van der Waals surface area (Å²) >= 11 is 1.25. The molecule has 5 nitrogen and oxygen atoms in total. The average Bonchev–Trinajstić information content (AvgIpc) is 3.10. The van der Waals surface area contributed by atoms with Crippen LogP contribution in [0.3, 0.4) is 0 Å². The number of carbonyl (C=O) groups is 2. The summed E-state index contributed by atoms with van der Waals surface area (Å²) < 4.78 is 0. The molecule has 0 spiro atoms. The first-order chi connectivity index (χ1) is 9.60. The second-order valence-corrected chi connectivity index (χ2v) is 5.71. The van der Waals surface area contributed by atoms with Crippen LogP contribution in [0, 0.1) is 11.8 Å². The van der Waals surface area contributed by atoms with Crippen molar-refractivity contribution in [2.45, 2.75) is 18.9 Å². The van der Waals surface area contributed by atoms with Crippen molar-refractivity contribution in [3.63, 3.8) is 0 Å². The van der Waals surface area contributed by atoms with Crippen LogP contribution in [0.5, 0.6) is 0 Å². The van der Waals surface area contributed by atoms with E-state index in [2.05, 4.69) is 17.2 Å². The fourth-order valence-corrected chi connectivity index (χ4v) is 2.50. The number of likely N-dealkylation sites (N-methyl/N-ethyl adjacent to an activating group) is 1. The highest BCUT2D eigenvalue weighted by Gasteiger charge is 2.24. The van der Waals surface area contributed by atoms with Crippen LogP contribution < -0.4 is 5.32 Å². The summed E-state index contributed by atoms with van der Waals surface area (Å²) in [5.41, 5.74) is 0. The molecule has 2 rings (SSSR count). The Balaban J connectivity index is 1.91. The van der Waals surface area contributed by atoms with Crippen molar-refractivity contribution in [3.8, 4) is 11.8 Å². The molecule has 0 aromatic carbocycles. The summed E-state index contributed by atoms with van der Waals surface area (Å²) in [4.78, 5) is 26.4. The molecule has 0 aliphatic heterocycles. The van der Waals surface area contributed by atoms with Crippen molar-refractivity contribution < 1.29 is 14.7 Å². The van der Waals surface area contributed by atoms with Gasteiger partial charge >= 0.3 is 0 Å². The molecule has 2 amide bonds. The number of thiophene rings is 1. The van der Waals surface area contributed by atoms with Crippen molar-refractivity contribution in [1.29, 1.82) is 0 Å². The van der Waals surface area contributed by atoms with E-state index < -0.39 is 0 Å². The van der Waals surface area contributed by atoms with Crippen LogP contribution in [-0.4, -0.2) is 48.1 Å². The van der Waals surface area contributed by atoms with Crippen LogP contribution in [-0.2, 0) is 4.79 Å². The van der Waals surface area contributed by atoms with Gasteiger partial charge in [-0.2, -0.15) is 0 Å². The predicted octanol–water partition coefficient (Wildman–Crippen LogP) is 0.442. The molecule has 6 heteroatoms. The fourth-order valence-electron chi connectivity index (χ4n) is 1.62. The first-order valence-electron chi connectivity index (χ1n) is 6.34. The zero-order valence-corrected chi connectivity index (χ0v) is 12.0. The Morgan fingerprint density at radius 3 is 2.90 bits per heavy atom. The molecule has 0 atom stereocenters. The highest BCUT2D eigenvalue weighted by Crippen LogP contribution is 2.19. The number of carbonyl (C=O) groups excluding carboxylic acids is 2. The maximum atomic E-state index is 12.1. The van der Waals surface area contributed by atoms with Crippen LogP contribution in [0.25, 0.3) is 0 Å². The standard InChI is InChI=1S/C14H16N2O3S/c1-16(9-13(18)15-10-4-5-10)14(19)12-7-6-11(20-12)3-2-8-17/h6-7,10,17H,4-5,8-9H2,1H3,(H,15,18). The number of hydrogen-bond donors (Lipinski definition) is 2. The van der Waals surface area contributed by atoms with Crippen molar-refractivity contribution >= 4 is 23.2 Å². The van der Waals surface area contributed by atoms with Crippen LogP contribution in [0.2, 0.25) is 0 Å². The van der Waals surface area contributed by atoms with Crippen LogP contribution in [0.15, 0.2) is 12.1 Å². The SMILES string of the molecule is CN(CC(=O)NC1CC1)C(=O)c1ccc(C#CCO)s1. The average molecular weight is 292 g/mol. The molecule has 1 fully saturated rings. The monoisotopic (exact) mass is 292 g/mol. The third-order valence-corrected chi connectivity index (χ3v) is 3.77. The smallest absolute Gasteiger partial charge is 0.264 e. The number of amides is 2. The molecule has 1 aromatic rings. The second-order valence-electron chi connectivity index (χ2n) is 4.63. The minimum atomic E-state index is -0.206. The highest BCUT2D eigenvalue weighted by atomic mass is 32.1. The molecule has 2 N–H and O–H groups in total. The van der Waals surface area contributed by atoms with Crippen molar-refractivity contribution in [2.24, 2.45) is 0 Å². The lowest BCUT2D eigenvalue weighted by atomic mass is 10.3. The Morgan fingerprint density at radius 1 is 1.50 bits per heavy atom. The minimum absolute atomic E-state index is 0.0604. The number of nitrogens with one attached hydrogen (secondary N) is 1. The van der Waals surface area contributed by atoms with E-state index in [1.54, 1.807) is 19.2 Å². The topological polar surface area (TPSA) is 69.6 Å². The molecule has 0 unspecified atom stereocenters. The molecule has 0 saturated heterocycles. The Labute approximate surface area is 121 Å². The van der Waals surface area contributed by atoms with Gasteiger partial charge in [-0.3, -0.25) is 9.59 Å². The summed E-state index contributed by atoms with van der Waals surface area (Å²) in [5, 5.41) is 11.5. The Bertz CT molecular complexity index is 566. The van der Waals surface area contributed by atoms with Gasteiger partial charge in [-0.1, -0.05) is 11.8 Å². The molecule has 1 heterocycles. The zero-order valence-electron chi connectivity index (χ0n) is 11.2. The third-order valence-electron chi connectivity index (χ3n) is 2.78. The number of rotatable bonds is 4. The van der Waals surface area contributed by atoms with Gasteiger partial charge in [0.25, 0.3) is 5.91 Å². The maximum Gasteiger partial charge on any atom is 0.264 e. The lowest BCUT2D eigenvalue weighted by Gasteiger charge is -2.15. The minimum Gasteiger partial charge on any atom is -0.384 e. The summed E-state index contributed by atoms with van der Waals surface area (Å²) in [6, 6.07) is 3.72. The lowest BCUT2D eigenvalue weighted by Crippen LogP contribution is -2.38. The molecule has 0 radical (unpaired) electrons. The summed E-state index contributed by atoms with van der Waals surface area (Å²) in [7, 11) is 1.60. The maximum absolute atomic E-state index is 12.1. The quantitative estimate of drug-likeness (QED) is 0.791. The van der Waals surface area contributed by atoms with Gasteiger partial charge < -0.3 is 15.3 Å². The molecule has 1 aliphatic carbocycles. The molecular weight excluding hydrogens is 276 g/mol. The third kappa shape index (κ3) is 4.08. The largest absolute Gasteiger partial charge is 0.384 e. The Hall–Kier alpha value is -1.84. The number of aliphatic hydroxyl groups is 1. The molecule has 1 aliphatic rings. The first kappa shape index (κ1) is 14.6. The van der Waals surface area contributed by atoms with Gasteiger partial charge in [-0.25, -0.2) is 0 Å². The van der Waals surface area contributed by atoms with Crippen molar-refractivity contribution in [3.05, 3.63) is 21.9 Å². The van der Waals surface area contributed by atoms with Gasteiger partial charge in [0.2, 0.25) is 5.91 Å². The lowest BCUT2D eigenvalue weighted by molar-refractivity contribution is -0.121. The van der Waals surface area contributed by atoms with Crippen LogP contribution in [0.4, 0.5) is 0 Å².